The molecule has 1 heterocycles. The minimum atomic E-state index is 0.290. The highest BCUT2D eigenvalue weighted by Crippen LogP contribution is 2.24. The Bertz CT molecular complexity index is 321. The summed E-state index contributed by atoms with van der Waals surface area (Å²) in [7, 11) is 3.58. The van der Waals surface area contributed by atoms with Gasteiger partial charge in [0.25, 0.3) is 0 Å². The van der Waals surface area contributed by atoms with Gasteiger partial charge in [0.2, 0.25) is 0 Å². The molecule has 0 atom stereocenters. The average molecular weight is 231 g/mol. The lowest BCUT2D eigenvalue weighted by Gasteiger charge is -2.19. The first-order chi connectivity index (χ1) is 7.16. The number of ether oxygens (including phenoxy) is 1. The molecule has 0 radical (unpaired) electrons. The molecule has 0 fully saturated rings. The Hall–Kier alpha value is -1.07. The molecule has 5 nitrogen and oxygen atoms in total. The second-order valence-corrected chi connectivity index (χ2v) is 3.53. The molecular formula is C9H15ClN4O. The summed E-state index contributed by atoms with van der Waals surface area (Å²) in [6.45, 7) is 1.52. The molecule has 15 heavy (non-hydrogen) atoms. The number of anilines is 2. The molecule has 0 spiro atoms. The van der Waals surface area contributed by atoms with Crippen LogP contribution in [0.25, 0.3) is 0 Å². The molecule has 0 aliphatic carbocycles. The van der Waals surface area contributed by atoms with E-state index >= 15 is 0 Å². The maximum Gasteiger partial charge on any atom is 0.157 e. The summed E-state index contributed by atoms with van der Waals surface area (Å²) in [6, 6.07) is 0. The van der Waals surface area contributed by atoms with Crippen LogP contribution in [0.4, 0.5) is 11.5 Å². The van der Waals surface area contributed by atoms with Crippen molar-refractivity contribution < 1.29 is 4.74 Å². The summed E-state index contributed by atoms with van der Waals surface area (Å²) in [6.07, 6.45) is 2.31. The van der Waals surface area contributed by atoms with Crippen molar-refractivity contribution in [3.05, 3.63) is 11.5 Å². The van der Waals surface area contributed by atoms with Crippen molar-refractivity contribution in [2.45, 2.75) is 6.42 Å². The van der Waals surface area contributed by atoms with E-state index in [0.717, 1.165) is 13.0 Å². The first-order valence-electron chi connectivity index (χ1n) is 4.63. The van der Waals surface area contributed by atoms with Gasteiger partial charge in [0.1, 0.15) is 12.0 Å². The predicted molar refractivity (Wildman–Crippen MR) is 61.2 cm³/mol. The maximum absolute atomic E-state index is 5.79. The standard InChI is InChI=1S/C9H15ClN4O/c1-14(4-3-5-15-2)9-7(11)8(10)12-6-13-9/h6H,3-5,11H2,1-2H3. The molecule has 0 amide bonds. The maximum atomic E-state index is 5.79. The highest BCUT2D eigenvalue weighted by atomic mass is 35.5. The zero-order chi connectivity index (χ0) is 11.3. The Morgan fingerprint density at radius 1 is 1.53 bits per heavy atom. The number of halogens is 1. The summed E-state index contributed by atoms with van der Waals surface area (Å²) < 4.78 is 4.97. The van der Waals surface area contributed by atoms with Crippen molar-refractivity contribution in [1.29, 1.82) is 0 Å². The van der Waals surface area contributed by atoms with E-state index in [1.165, 1.54) is 6.33 Å². The zero-order valence-electron chi connectivity index (χ0n) is 8.90. The van der Waals surface area contributed by atoms with Crippen LogP contribution in [0.2, 0.25) is 5.15 Å². The highest BCUT2D eigenvalue weighted by molar-refractivity contribution is 6.32. The van der Waals surface area contributed by atoms with Gasteiger partial charge in [-0.3, -0.25) is 0 Å². The fourth-order valence-electron chi connectivity index (χ4n) is 1.22. The second-order valence-electron chi connectivity index (χ2n) is 3.17. The van der Waals surface area contributed by atoms with Gasteiger partial charge in [-0.05, 0) is 6.42 Å². The molecule has 0 unspecified atom stereocenters. The van der Waals surface area contributed by atoms with Gasteiger partial charge >= 0.3 is 0 Å². The Morgan fingerprint density at radius 2 is 2.27 bits per heavy atom. The molecule has 1 rings (SSSR count). The van der Waals surface area contributed by atoms with Crippen LogP contribution in [-0.2, 0) is 4.74 Å². The number of hydrogen-bond donors (Lipinski definition) is 1. The van der Waals surface area contributed by atoms with Gasteiger partial charge in [0.05, 0.1) is 0 Å². The molecule has 0 aliphatic heterocycles. The van der Waals surface area contributed by atoms with Crippen LogP contribution < -0.4 is 10.6 Å². The van der Waals surface area contributed by atoms with Crippen molar-refractivity contribution in [3.63, 3.8) is 0 Å². The Labute approximate surface area is 94.2 Å². The molecule has 0 saturated heterocycles. The lowest BCUT2D eigenvalue weighted by molar-refractivity contribution is 0.196. The van der Waals surface area contributed by atoms with E-state index in [2.05, 4.69) is 9.97 Å². The molecule has 0 bridgehead atoms. The van der Waals surface area contributed by atoms with E-state index in [1.807, 2.05) is 11.9 Å². The number of nitrogen functional groups attached to an aromatic ring is 1. The minimum Gasteiger partial charge on any atom is -0.393 e. The van der Waals surface area contributed by atoms with Gasteiger partial charge in [-0.1, -0.05) is 11.6 Å². The average Bonchev–Trinajstić information content (AvgIpc) is 2.22. The zero-order valence-corrected chi connectivity index (χ0v) is 9.66. The number of nitrogens with two attached hydrogens (primary N) is 1. The van der Waals surface area contributed by atoms with Crippen molar-refractivity contribution >= 4 is 23.1 Å². The predicted octanol–water partition coefficient (Wildman–Crippen LogP) is 1.18. The van der Waals surface area contributed by atoms with Crippen LogP contribution in [0.15, 0.2) is 6.33 Å². The van der Waals surface area contributed by atoms with E-state index < -0.39 is 0 Å². The van der Waals surface area contributed by atoms with E-state index in [1.54, 1.807) is 7.11 Å². The topological polar surface area (TPSA) is 64.3 Å². The van der Waals surface area contributed by atoms with E-state index in [9.17, 15) is 0 Å². The molecule has 0 aliphatic rings. The van der Waals surface area contributed by atoms with E-state index in [4.69, 9.17) is 22.1 Å². The van der Waals surface area contributed by atoms with Crippen molar-refractivity contribution in [3.8, 4) is 0 Å². The van der Waals surface area contributed by atoms with Gasteiger partial charge < -0.3 is 15.4 Å². The number of nitrogens with zero attached hydrogens (tertiary/aromatic N) is 3. The first-order valence-corrected chi connectivity index (χ1v) is 5.00. The smallest absolute Gasteiger partial charge is 0.157 e. The van der Waals surface area contributed by atoms with Crippen LogP contribution in [0.5, 0.6) is 0 Å². The van der Waals surface area contributed by atoms with Gasteiger partial charge in [0.15, 0.2) is 11.0 Å². The van der Waals surface area contributed by atoms with E-state index in [0.29, 0.717) is 23.3 Å². The van der Waals surface area contributed by atoms with Gasteiger partial charge in [-0.2, -0.15) is 0 Å². The molecule has 84 valence electrons. The normalized spacial score (nSPS) is 10.3. The molecule has 2 N–H and O–H groups in total. The van der Waals surface area contributed by atoms with Crippen molar-refractivity contribution in [1.82, 2.24) is 9.97 Å². The van der Waals surface area contributed by atoms with Gasteiger partial charge in [-0.15, -0.1) is 0 Å². The fourth-order valence-corrected chi connectivity index (χ4v) is 1.35. The van der Waals surface area contributed by atoms with Crippen LogP contribution in [0.3, 0.4) is 0 Å². The van der Waals surface area contributed by atoms with Crippen LogP contribution in [-0.4, -0.2) is 37.3 Å². The summed E-state index contributed by atoms with van der Waals surface area (Å²) in [4.78, 5) is 9.81. The number of aromatic nitrogens is 2. The quantitative estimate of drug-likeness (QED) is 0.608. The SMILES string of the molecule is COCCCN(C)c1ncnc(Cl)c1N. The summed E-state index contributed by atoms with van der Waals surface area (Å²) in [5, 5.41) is 0.290. The molecule has 1 aromatic heterocycles. The third-order valence-electron chi connectivity index (χ3n) is 2.02. The van der Waals surface area contributed by atoms with Crippen LogP contribution in [0, 0.1) is 0 Å². The number of methoxy groups -OCH3 is 1. The van der Waals surface area contributed by atoms with Crippen LogP contribution >= 0.6 is 11.6 Å². The Balaban J connectivity index is 2.65. The first kappa shape index (κ1) is 12.0. The molecular weight excluding hydrogens is 216 g/mol. The molecule has 6 heteroatoms. The fraction of sp³-hybridized carbons (Fsp3) is 0.556. The van der Waals surface area contributed by atoms with Crippen molar-refractivity contribution in [2.75, 3.05) is 37.9 Å². The third-order valence-corrected chi connectivity index (χ3v) is 2.32. The van der Waals surface area contributed by atoms with E-state index in [-0.39, 0.29) is 0 Å². The summed E-state index contributed by atoms with van der Waals surface area (Å²) in [5.41, 5.74) is 6.17. The molecule has 0 aromatic carbocycles. The van der Waals surface area contributed by atoms with Gasteiger partial charge in [0, 0.05) is 27.3 Å². The largest absolute Gasteiger partial charge is 0.393 e. The Morgan fingerprint density at radius 3 is 2.93 bits per heavy atom. The third kappa shape index (κ3) is 3.21. The highest BCUT2D eigenvalue weighted by Gasteiger charge is 2.09. The Kier molecular flexibility index (Phi) is 4.58. The minimum absolute atomic E-state index is 0.290. The molecule has 0 saturated carbocycles. The number of rotatable bonds is 5. The summed E-state index contributed by atoms with van der Waals surface area (Å²) in [5.74, 6) is 0.658. The molecule has 1 aromatic rings. The lowest BCUT2D eigenvalue weighted by Crippen LogP contribution is -2.22. The van der Waals surface area contributed by atoms with Crippen molar-refractivity contribution in [2.24, 2.45) is 0 Å². The second kappa shape index (κ2) is 5.72. The van der Waals surface area contributed by atoms with Crippen LogP contribution in [0.1, 0.15) is 6.42 Å². The lowest BCUT2D eigenvalue weighted by atomic mass is 10.4. The number of hydrogen-bond acceptors (Lipinski definition) is 5. The monoisotopic (exact) mass is 230 g/mol. The summed E-state index contributed by atoms with van der Waals surface area (Å²) >= 11 is 5.79. The van der Waals surface area contributed by atoms with Gasteiger partial charge in [-0.25, -0.2) is 9.97 Å².